The molecule has 1 aliphatic rings. The van der Waals surface area contributed by atoms with E-state index in [1.807, 2.05) is 54.9 Å². The zero-order chi connectivity index (χ0) is 19.1. The fourth-order valence-corrected chi connectivity index (χ4v) is 3.04. The Morgan fingerprint density at radius 1 is 1.30 bits per heavy atom. The number of aliphatic imine (C=N–C) groups is 1. The Hall–Kier alpha value is -2.83. The summed E-state index contributed by atoms with van der Waals surface area (Å²) in [5.74, 6) is 3.56. The monoisotopic (exact) mass is 368 g/mol. The Kier molecular flexibility index (Phi) is 6.46. The van der Waals surface area contributed by atoms with E-state index in [0.29, 0.717) is 13.1 Å². The predicted molar refractivity (Wildman–Crippen MR) is 107 cm³/mol. The SMILES string of the molecule is C=CCNC(=NCc1nnc(C)n1C)N1CCC(Oc2ccccc2)CC1. The number of nitrogens with one attached hydrogen (secondary N) is 1. The van der Waals surface area contributed by atoms with Gasteiger partial charge in [0.1, 0.15) is 24.2 Å². The highest BCUT2D eigenvalue weighted by Gasteiger charge is 2.23. The van der Waals surface area contributed by atoms with Gasteiger partial charge < -0.3 is 19.5 Å². The number of aryl methyl sites for hydroxylation is 1. The van der Waals surface area contributed by atoms with Gasteiger partial charge in [0.25, 0.3) is 0 Å². The lowest BCUT2D eigenvalue weighted by Gasteiger charge is -2.34. The van der Waals surface area contributed by atoms with Crippen LogP contribution in [-0.4, -0.2) is 51.4 Å². The van der Waals surface area contributed by atoms with Crippen LogP contribution < -0.4 is 10.1 Å². The molecule has 1 aromatic heterocycles. The normalized spacial score (nSPS) is 15.6. The number of ether oxygens (including phenoxy) is 1. The maximum Gasteiger partial charge on any atom is 0.194 e. The summed E-state index contributed by atoms with van der Waals surface area (Å²) in [5, 5.41) is 11.6. The van der Waals surface area contributed by atoms with Crippen molar-refractivity contribution in [2.45, 2.75) is 32.4 Å². The second-order valence-electron chi connectivity index (χ2n) is 6.65. The highest BCUT2D eigenvalue weighted by Crippen LogP contribution is 2.18. The van der Waals surface area contributed by atoms with Gasteiger partial charge in [0.15, 0.2) is 11.8 Å². The third kappa shape index (κ3) is 5.09. The summed E-state index contributed by atoms with van der Waals surface area (Å²) in [5.41, 5.74) is 0. The second kappa shape index (κ2) is 9.21. The first kappa shape index (κ1) is 18.9. The van der Waals surface area contributed by atoms with Crippen molar-refractivity contribution in [2.24, 2.45) is 12.0 Å². The third-order valence-electron chi connectivity index (χ3n) is 4.74. The standard InChI is InChI=1S/C20H28N6O/c1-4-12-21-20(22-15-19-24-23-16(2)25(19)3)26-13-10-18(11-14-26)27-17-8-6-5-7-9-17/h4-9,18H,1,10-15H2,2-3H3,(H,21,22). The number of piperidine rings is 1. The third-order valence-corrected chi connectivity index (χ3v) is 4.74. The number of hydrogen-bond donors (Lipinski definition) is 1. The van der Waals surface area contributed by atoms with Gasteiger partial charge in [-0.3, -0.25) is 0 Å². The number of hydrogen-bond acceptors (Lipinski definition) is 4. The summed E-state index contributed by atoms with van der Waals surface area (Å²) in [6.45, 7) is 8.71. The van der Waals surface area contributed by atoms with Crippen molar-refractivity contribution < 1.29 is 4.74 Å². The van der Waals surface area contributed by atoms with Gasteiger partial charge in [-0.2, -0.15) is 0 Å². The van der Waals surface area contributed by atoms with Crippen molar-refractivity contribution >= 4 is 5.96 Å². The van der Waals surface area contributed by atoms with Crippen LogP contribution in [0.25, 0.3) is 0 Å². The molecule has 27 heavy (non-hydrogen) atoms. The minimum Gasteiger partial charge on any atom is -0.490 e. The topological polar surface area (TPSA) is 67.6 Å². The van der Waals surface area contributed by atoms with E-state index in [-0.39, 0.29) is 6.10 Å². The van der Waals surface area contributed by atoms with E-state index in [2.05, 4.69) is 27.0 Å². The van der Waals surface area contributed by atoms with Crippen LogP contribution in [0.5, 0.6) is 5.75 Å². The molecular formula is C20H28N6O. The smallest absolute Gasteiger partial charge is 0.194 e. The van der Waals surface area contributed by atoms with Gasteiger partial charge in [-0.05, 0) is 19.1 Å². The summed E-state index contributed by atoms with van der Waals surface area (Å²) in [6.07, 6.45) is 4.01. The van der Waals surface area contributed by atoms with E-state index in [9.17, 15) is 0 Å². The van der Waals surface area contributed by atoms with Crippen LogP contribution in [0.2, 0.25) is 0 Å². The van der Waals surface area contributed by atoms with E-state index in [4.69, 9.17) is 9.73 Å². The summed E-state index contributed by atoms with van der Waals surface area (Å²) < 4.78 is 8.05. The van der Waals surface area contributed by atoms with E-state index in [1.54, 1.807) is 0 Å². The van der Waals surface area contributed by atoms with Gasteiger partial charge in [-0.25, -0.2) is 4.99 Å². The molecule has 0 atom stereocenters. The molecule has 7 heteroatoms. The molecule has 0 aliphatic carbocycles. The molecule has 1 aliphatic heterocycles. The number of likely N-dealkylation sites (tertiary alicyclic amines) is 1. The molecular weight excluding hydrogens is 340 g/mol. The van der Waals surface area contributed by atoms with Crippen molar-refractivity contribution in [1.82, 2.24) is 25.0 Å². The largest absolute Gasteiger partial charge is 0.490 e. The zero-order valence-electron chi connectivity index (χ0n) is 16.1. The fraction of sp³-hybridized carbons (Fsp3) is 0.450. The Labute approximate surface area is 160 Å². The van der Waals surface area contributed by atoms with Crippen LogP contribution >= 0.6 is 0 Å². The number of nitrogens with zero attached hydrogens (tertiary/aromatic N) is 5. The molecule has 1 N–H and O–H groups in total. The van der Waals surface area contributed by atoms with Crippen molar-refractivity contribution in [2.75, 3.05) is 19.6 Å². The van der Waals surface area contributed by atoms with Gasteiger partial charge in [-0.15, -0.1) is 16.8 Å². The van der Waals surface area contributed by atoms with Gasteiger partial charge in [-0.1, -0.05) is 24.3 Å². The van der Waals surface area contributed by atoms with Crippen LogP contribution in [0.15, 0.2) is 48.0 Å². The Bertz CT molecular complexity index is 762. The number of para-hydroxylation sites is 1. The highest BCUT2D eigenvalue weighted by atomic mass is 16.5. The van der Waals surface area contributed by atoms with Crippen molar-refractivity contribution in [3.05, 3.63) is 54.6 Å². The molecule has 0 unspecified atom stereocenters. The van der Waals surface area contributed by atoms with Crippen molar-refractivity contribution in [3.8, 4) is 5.75 Å². The van der Waals surface area contributed by atoms with E-state index in [1.165, 1.54) is 0 Å². The van der Waals surface area contributed by atoms with Gasteiger partial charge in [0.2, 0.25) is 0 Å². The molecule has 2 aromatic rings. The quantitative estimate of drug-likeness (QED) is 0.481. The summed E-state index contributed by atoms with van der Waals surface area (Å²) in [6, 6.07) is 10.0. The first-order valence-corrected chi connectivity index (χ1v) is 9.38. The molecule has 1 saturated heterocycles. The first-order valence-electron chi connectivity index (χ1n) is 9.38. The lowest BCUT2D eigenvalue weighted by Crippen LogP contribution is -2.47. The molecule has 1 aromatic carbocycles. The first-order chi connectivity index (χ1) is 13.2. The predicted octanol–water partition coefficient (Wildman–Crippen LogP) is 2.30. The molecule has 144 valence electrons. The molecule has 0 saturated carbocycles. The number of benzene rings is 1. The summed E-state index contributed by atoms with van der Waals surface area (Å²) in [7, 11) is 1.96. The maximum atomic E-state index is 6.09. The molecule has 0 amide bonds. The van der Waals surface area contributed by atoms with E-state index in [0.717, 1.165) is 49.3 Å². The van der Waals surface area contributed by atoms with E-state index < -0.39 is 0 Å². The average Bonchev–Trinajstić information content (AvgIpc) is 3.02. The summed E-state index contributed by atoms with van der Waals surface area (Å²) >= 11 is 0. The molecule has 0 radical (unpaired) electrons. The van der Waals surface area contributed by atoms with Crippen LogP contribution in [0, 0.1) is 6.92 Å². The van der Waals surface area contributed by atoms with Crippen molar-refractivity contribution in [3.63, 3.8) is 0 Å². The average molecular weight is 368 g/mol. The molecule has 0 spiro atoms. The molecule has 3 rings (SSSR count). The minimum absolute atomic E-state index is 0.241. The van der Waals surface area contributed by atoms with Gasteiger partial charge in [0, 0.05) is 39.5 Å². The lowest BCUT2D eigenvalue weighted by molar-refractivity contribution is 0.129. The molecule has 1 fully saturated rings. The van der Waals surface area contributed by atoms with Crippen LogP contribution in [0.3, 0.4) is 0 Å². The number of aromatic nitrogens is 3. The second-order valence-corrected chi connectivity index (χ2v) is 6.65. The van der Waals surface area contributed by atoms with Crippen LogP contribution in [0.4, 0.5) is 0 Å². The van der Waals surface area contributed by atoms with E-state index >= 15 is 0 Å². The Morgan fingerprint density at radius 2 is 2.04 bits per heavy atom. The van der Waals surface area contributed by atoms with Crippen molar-refractivity contribution in [1.29, 1.82) is 0 Å². The zero-order valence-corrected chi connectivity index (χ0v) is 16.1. The molecule has 2 heterocycles. The Balaban J connectivity index is 1.59. The minimum atomic E-state index is 0.241. The van der Waals surface area contributed by atoms with Crippen LogP contribution in [0.1, 0.15) is 24.5 Å². The molecule has 7 nitrogen and oxygen atoms in total. The number of guanidine groups is 1. The number of rotatable bonds is 6. The highest BCUT2D eigenvalue weighted by molar-refractivity contribution is 5.80. The Morgan fingerprint density at radius 3 is 2.67 bits per heavy atom. The lowest BCUT2D eigenvalue weighted by atomic mass is 10.1. The molecule has 0 bridgehead atoms. The maximum absolute atomic E-state index is 6.09. The van der Waals surface area contributed by atoms with Gasteiger partial charge >= 0.3 is 0 Å². The van der Waals surface area contributed by atoms with Gasteiger partial charge in [0.05, 0.1) is 0 Å². The summed E-state index contributed by atoms with van der Waals surface area (Å²) in [4.78, 5) is 7.03. The fourth-order valence-electron chi connectivity index (χ4n) is 3.04. The van der Waals surface area contributed by atoms with Crippen LogP contribution in [-0.2, 0) is 13.6 Å².